The molecule has 18 heavy (non-hydrogen) atoms. The summed E-state index contributed by atoms with van der Waals surface area (Å²) in [5.74, 6) is 0.559. The summed E-state index contributed by atoms with van der Waals surface area (Å²) in [6, 6.07) is 6.73. The first-order valence-corrected chi connectivity index (χ1v) is 6.63. The van der Waals surface area contributed by atoms with Crippen molar-refractivity contribution in [1.29, 1.82) is 5.26 Å². The molecule has 1 aromatic carbocycles. The SMILES string of the molecule is CCCN(Cc1ccc(C#N)cc1F)CC1CC1. The number of hydrogen-bond acceptors (Lipinski definition) is 2. The van der Waals surface area contributed by atoms with E-state index in [1.807, 2.05) is 6.07 Å². The molecule has 0 unspecified atom stereocenters. The average molecular weight is 246 g/mol. The summed E-state index contributed by atoms with van der Waals surface area (Å²) >= 11 is 0. The highest BCUT2D eigenvalue weighted by Gasteiger charge is 2.24. The van der Waals surface area contributed by atoms with E-state index in [1.54, 1.807) is 12.1 Å². The Morgan fingerprint density at radius 2 is 2.22 bits per heavy atom. The van der Waals surface area contributed by atoms with Crippen LogP contribution in [0.25, 0.3) is 0 Å². The fourth-order valence-electron chi connectivity index (χ4n) is 2.20. The monoisotopic (exact) mass is 246 g/mol. The topological polar surface area (TPSA) is 27.0 Å². The second kappa shape index (κ2) is 5.97. The lowest BCUT2D eigenvalue weighted by Gasteiger charge is -2.21. The smallest absolute Gasteiger partial charge is 0.129 e. The van der Waals surface area contributed by atoms with Crippen LogP contribution in [0.4, 0.5) is 4.39 Å². The minimum Gasteiger partial charge on any atom is -0.299 e. The van der Waals surface area contributed by atoms with Crippen LogP contribution in [-0.4, -0.2) is 18.0 Å². The summed E-state index contributed by atoms with van der Waals surface area (Å²) in [6.07, 6.45) is 3.72. The van der Waals surface area contributed by atoms with E-state index in [1.165, 1.54) is 18.9 Å². The molecule has 0 heterocycles. The van der Waals surface area contributed by atoms with E-state index in [4.69, 9.17) is 5.26 Å². The maximum atomic E-state index is 13.8. The van der Waals surface area contributed by atoms with Gasteiger partial charge in [-0.1, -0.05) is 13.0 Å². The van der Waals surface area contributed by atoms with Gasteiger partial charge in [0.05, 0.1) is 11.6 Å². The van der Waals surface area contributed by atoms with Gasteiger partial charge in [0.25, 0.3) is 0 Å². The summed E-state index contributed by atoms with van der Waals surface area (Å²) in [7, 11) is 0. The van der Waals surface area contributed by atoms with Crippen LogP contribution in [0.5, 0.6) is 0 Å². The number of benzene rings is 1. The Morgan fingerprint density at radius 3 is 2.78 bits per heavy atom. The number of hydrogen-bond donors (Lipinski definition) is 0. The van der Waals surface area contributed by atoms with E-state index in [2.05, 4.69) is 11.8 Å². The van der Waals surface area contributed by atoms with E-state index in [-0.39, 0.29) is 5.82 Å². The second-order valence-electron chi connectivity index (χ2n) is 5.10. The first-order valence-electron chi connectivity index (χ1n) is 6.63. The molecule has 0 aromatic heterocycles. The molecule has 3 heteroatoms. The fraction of sp³-hybridized carbons (Fsp3) is 0.533. The Balaban J connectivity index is 2.03. The summed E-state index contributed by atoms with van der Waals surface area (Å²) in [6.45, 7) is 4.89. The average Bonchev–Trinajstić information content (AvgIpc) is 3.16. The van der Waals surface area contributed by atoms with Gasteiger partial charge in [0.1, 0.15) is 5.82 Å². The van der Waals surface area contributed by atoms with Gasteiger partial charge in [-0.25, -0.2) is 4.39 Å². The lowest BCUT2D eigenvalue weighted by Crippen LogP contribution is -2.26. The molecule has 0 saturated heterocycles. The van der Waals surface area contributed by atoms with Crippen LogP contribution in [0.15, 0.2) is 18.2 Å². The number of rotatable bonds is 6. The van der Waals surface area contributed by atoms with Crippen molar-refractivity contribution in [1.82, 2.24) is 4.90 Å². The lowest BCUT2D eigenvalue weighted by molar-refractivity contribution is 0.251. The van der Waals surface area contributed by atoms with Gasteiger partial charge in [-0.2, -0.15) is 5.26 Å². The molecule has 0 N–H and O–H groups in total. The predicted octanol–water partition coefficient (Wildman–Crippen LogP) is 3.32. The Bertz CT molecular complexity index is 446. The van der Waals surface area contributed by atoms with Crippen molar-refractivity contribution in [3.63, 3.8) is 0 Å². The van der Waals surface area contributed by atoms with Crippen molar-refractivity contribution in [2.75, 3.05) is 13.1 Å². The van der Waals surface area contributed by atoms with E-state index >= 15 is 0 Å². The molecule has 0 bridgehead atoms. The Hall–Kier alpha value is -1.40. The molecular formula is C15H19FN2. The lowest BCUT2D eigenvalue weighted by atomic mass is 10.1. The predicted molar refractivity (Wildman–Crippen MR) is 69.4 cm³/mol. The zero-order valence-corrected chi connectivity index (χ0v) is 10.8. The van der Waals surface area contributed by atoms with Gasteiger partial charge in [-0.3, -0.25) is 4.90 Å². The van der Waals surface area contributed by atoms with Crippen LogP contribution in [-0.2, 0) is 6.54 Å². The van der Waals surface area contributed by atoms with Crippen LogP contribution in [0.2, 0.25) is 0 Å². The van der Waals surface area contributed by atoms with Crippen LogP contribution in [0.3, 0.4) is 0 Å². The Kier molecular flexibility index (Phi) is 4.33. The van der Waals surface area contributed by atoms with Crippen molar-refractivity contribution in [3.8, 4) is 6.07 Å². The first-order chi connectivity index (χ1) is 8.72. The van der Waals surface area contributed by atoms with Crippen LogP contribution in [0, 0.1) is 23.1 Å². The Morgan fingerprint density at radius 1 is 1.44 bits per heavy atom. The third-order valence-electron chi connectivity index (χ3n) is 3.33. The molecule has 1 saturated carbocycles. The quantitative estimate of drug-likeness (QED) is 0.770. The van der Waals surface area contributed by atoms with Crippen LogP contribution in [0.1, 0.15) is 37.3 Å². The van der Waals surface area contributed by atoms with E-state index in [0.29, 0.717) is 17.7 Å². The zero-order valence-electron chi connectivity index (χ0n) is 10.8. The molecule has 2 nitrogen and oxygen atoms in total. The molecular weight excluding hydrogens is 227 g/mol. The zero-order chi connectivity index (χ0) is 13.0. The molecule has 0 atom stereocenters. The highest BCUT2D eigenvalue weighted by Crippen LogP contribution is 2.30. The molecule has 0 amide bonds. The van der Waals surface area contributed by atoms with Gasteiger partial charge in [-0.05, 0) is 43.9 Å². The number of nitrogens with zero attached hydrogens (tertiary/aromatic N) is 2. The van der Waals surface area contributed by atoms with E-state index in [0.717, 1.165) is 25.4 Å². The normalized spacial score (nSPS) is 14.8. The Labute approximate surface area is 108 Å². The molecule has 0 aliphatic heterocycles. The van der Waals surface area contributed by atoms with Gasteiger partial charge in [0, 0.05) is 18.7 Å². The summed E-state index contributed by atoms with van der Waals surface area (Å²) in [5.41, 5.74) is 1.09. The van der Waals surface area contributed by atoms with E-state index in [9.17, 15) is 4.39 Å². The third kappa shape index (κ3) is 3.54. The molecule has 96 valence electrons. The van der Waals surface area contributed by atoms with Crippen LogP contribution >= 0.6 is 0 Å². The fourth-order valence-corrected chi connectivity index (χ4v) is 2.20. The van der Waals surface area contributed by atoms with Crippen LogP contribution < -0.4 is 0 Å². The summed E-state index contributed by atoms with van der Waals surface area (Å²) < 4.78 is 13.8. The minimum absolute atomic E-state index is 0.258. The van der Waals surface area contributed by atoms with Gasteiger partial charge in [0.2, 0.25) is 0 Å². The molecule has 0 spiro atoms. The maximum Gasteiger partial charge on any atom is 0.129 e. The van der Waals surface area contributed by atoms with Gasteiger partial charge < -0.3 is 0 Å². The molecule has 1 aliphatic carbocycles. The maximum absolute atomic E-state index is 13.8. The third-order valence-corrected chi connectivity index (χ3v) is 3.33. The molecule has 2 rings (SSSR count). The van der Waals surface area contributed by atoms with Gasteiger partial charge in [0.15, 0.2) is 0 Å². The summed E-state index contributed by atoms with van der Waals surface area (Å²) in [5, 5.41) is 8.72. The highest BCUT2D eigenvalue weighted by atomic mass is 19.1. The first kappa shape index (κ1) is 13.0. The van der Waals surface area contributed by atoms with Crippen molar-refractivity contribution in [3.05, 3.63) is 35.1 Å². The molecule has 0 radical (unpaired) electrons. The van der Waals surface area contributed by atoms with Crippen molar-refractivity contribution in [2.45, 2.75) is 32.7 Å². The largest absolute Gasteiger partial charge is 0.299 e. The van der Waals surface area contributed by atoms with E-state index < -0.39 is 0 Å². The van der Waals surface area contributed by atoms with Crippen molar-refractivity contribution in [2.24, 2.45) is 5.92 Å². The number of halogens is 1. The summed E-state index contributed by atoms with van der Waals surface area (Å²) in [4.78, 5) is 2.32. The minimum atomic E-state index is -0.258. The van der Waals surface area contributed by atoms with Gasteiger partial charge in [-0.15, -0.1) is 0 Å². The molecule has 1 aliphatic rings. The van der Waals surface area contributed by atoms with Gasteiger partial charge >= 0.3 is 0 Å². The molecule has 1 fully saturated rings. The standard InChI is InChI=1S/C15H19FN2/c1-2-7-18(10-12-3-4-12)11-14-6-5-13(9-17)8-15(14)16/h5-6,8,12H,2-4,7,10-11H2,1H3. The number of nitriles is 1. The second-order valence-corrected chi connectivity index (χ2v) is 5.10. The highest BCUT2D eigenvalue weighted by molar-refractivity contribution is 5.32. The van der Waals surface area contributed by atoms with Crippen molar-refractivity contribution >= 4 is 0 Å². The van der Waals surface area contributed by atoms with Crippen molar-refractivity contribution < 1.29 is 4.39 Å². The molecule has 1 aromatic rings.